The first kappa shape index (κ1) is 22.1. The van der Waals surface area contributed by atoms with Gasteiger partial charge in [0.05, 0.1) is 29.6 Å². The van der Waals surface area contributed by atoms with E-state index in [1.165, 1.54) is 0 Å². The zero-order valence-electron chi connectivity index (χ0n) is 17.7. The predicted molar refractivity (Wildman–Crippen MR) is 119 cm³/mol. The number of benzene rings is 2. The van der Waals surface area contributed by atoms with Gasteiger partial charge in [-0.2, -0.15) is 15.0 Å². The highest BCUT2D eigenvalue weighted by Gasteiger charge is 2.43. The monoisotopic (exact) mass is 455 g/mol. The van der Waals surface area contributed by atoms with Crippen LogP contribution in [0.4, 0.5) is 0 Å². The van der Waals surface area contributed by atoms with Crippen LogP contribution in [0.1, 0.15) is 24.0 Å². The van der Waals surface area contributed by atoms with Crippen LogP contribution in [0.5, 0.6) is 0 Å². The number of hydrogen-bond donors (Lipinski definition) is 3. The summed E-state index contributed by atoms with van der Waals surface area (Å²) in [4.78, 5) is 13.9. The average molecular weight is 456 g/mol. The molecular weight excluding hydrogens is 430 g/mol. The summed E-state index contributed by atoms with van der Waals surface area (Å²) in [5.74, 6) is -0.780. The van der Waals surface area contributed by atoms with Crippen LogP contribution in [-0.4, -0.2) is 51.6 Å². The third-order valence-electron chi connectivity index (χ3n) is 5.97. The Morgan fingerprint density at radius 3 is 2.34 bits per heavy atom. The fourth-order valence-corrected chi connectivity index (χ4v) is 5.55. The molecule has 32 heavy (non-hydrogen) atoms. The van der Waals surface area contributed by atoms with Crippen molar-refractivity contribution in [3.63, 3.8) is 0 Å². The number of hydroxylamine groups is 1. The number of rotatable bonds is 6. The fourth-order valence-electron chi connectivity index (χ4n) is 4.03. The highest BCUT2D eigenvalue weighted by molar-refractivity contribution is 7.91. The summed E-state index contributed by atoms with van der Waals surface area (Å²) >= 11 is 0. The molecule has 10 heteroatoms. The Morgan fingerprint density at radius 1 is 1.09 bits per heavy atom. The van der Waals surface area contributed by atoms with E-state index in [1.807, 2.05) is 49.4 Å². The molecule has 1 fully saturated rings. The van der Waals surface area contributed by atoms with Crippen molar-refractivity contribution >= 4 is 15.7 Å². The Morgan fingerprint density at radius 2 is 1.75 bits per heavy atom. The molecular formula is C22H25N5O4S. The lowest BCUT2D eigenvalue weighted by Crippen LogP contribution is -2.59. The number of aryl methyl sites for hydroxylation is 1. The van der Waals surface area contributed by atoms with E-state index < -0.39 is 21.3 Å². The van der Waals surface area contributed by atoms with Gasteiger partial charge in [-0.05, 0) is 54.2 Å². The van der Waals surface area contributed by atoms with Crippen molar-refractivity contribution in [3.8, 4) is 16.8 Å². The third-order valence-corrected chi connectivity index (χ3v) is 7.62. The molecule has 1 aliphatic rings. The third kappa shape index (κ3) is 4.57. The second-order valence-electron chi connectivity index (χ2n) is 8.04. The van der Waals surface area contributed by atoms with Gasteiger partial charge < -0.3 is 0 Å². The van der Waals surface area contributed by atoms with Gasteiger partial charge in [0.2, 0.25) is 0 Å². The van der Waals surface area contributed by atoms with Crippen LogP contribution in [0, 0.1) is 6.92 Å². The van der Waals surface area contributed by atoms with Crippen molar-refractivity contribution in [1.29, 1.82) is 0 Å². The van der Waals surface area contributed by atoms with Crippen molar-refractivity contribution in [2.45, 2.75) is 31.8 Å². The number of carbonyl (C=O) groups excluding carboxylic acids is 1. The number of hydrogen-bond acceptors (Lipinski definition) is 7. The molecule has 0 saturated carbocycles. The van der Waals surface area contributed by atoms with Gasteiger partial charge >= 0.3 is 0 Å². The number of sulfone groups is 1. The van der Waals surface area contributed by atoms with Gasteiger partial charge in [0.25, 0.3) is 5.91 Å². The van der Waals surface area contributed by atoms with Crippen LogP contribution in [0.25, 0.3) is 16.8 Å². The summed E-state index contributed by atoms with van der Waals surface area (Å²) in [5, 5.41) is 20.6. The second-order valence-corrected chi connectivity index (χ2v) is 10.3. The molecule has 0 aliphatic carbocycles. The second kappa shape index (κ2) is 8.81. The number of nitrogens with zero attached hydrogens (tertiary/aromatic N) is 3. The zero-order chi connectivity index (χ0) is 22.8. The molecule has 4 rings (SSSR count). The summed E-state index contributed by atoms with van der Waals surface area (Å²) in [6.45, 7) is 2.39. The van der Waals surface area contributed by atoms with Crippen LogP contribution in [0.3, 0.4) is 0 Å². The fraction of sp³-hybridized carbons (Fsp3) is 0.318. The maximum Gasteiger partial charge on any atom is 0.263 e. The highest BCUT2D eigenvalue weighted by Crippen LogP contribution is 2.27. The van der Waals surface area contributed by atoms with E-state index in [0.717, 1.165) is 27.9 Å². The number of nitrogens with one attached hydrogen (secondary N) is 2. The Labute approximate surface area is 186 Å². The van der Waals surface area contributed by atoms with E-state index in [4.69, 9.17) is 5.21 Å². The average Bonchev–Trinajstić information content (AvgIpc) is 3.33. The summed E-state index contributed by atoms with van der Waals surface area (Å²) in [5.41, 5.74) is 5.63. The molecule has 9 nitrogen and oxygen atoms in total. The van der Waals surface area contributed by atoms with Gasteiger partial charge in [-0.25, -0.2) is 13.9 Å². The van der Waals surface area contributed by atoms with E-state index in [1.54, 1.807) is 22.7 Å². The van der Waals surface area contributed by atoms with E-state index >= 15 is 0 Å². The SMILES string of the molecule is Cc1cc(CNC2(C(=O)NO)CCS(=O)(=O)CC2)ccc1-c1ccc(-n2nccn2)cc1. The lowest BCUT2D eigenvalue weighted by Gasteiger charge is -2.35. The number of aromatic nitrogens is 3. The van der Waals surface area contributed by atoms with E-state index in [-0.39, 0.29) is 24.3 Å². The van der Waals surface area contributed by atoms with Gasteiger partial charge in [-0.1, -0.05) is 30.3 Å². The van der Waals surface area contributed by atoms with Crippen LogP contribution < -0.4 is 10.8 Å². The van der Waals surface area contributed by atoms with Crippen molar-refractivity contribution < 1.29 is 18.4 Å². The van der Waals surface area contributed by atoms with E-state index in [2.05, 4.69) is 15.5 Å². The maximum absolute atomic E-state index is 12.3. The predicted octanol–water partition coefficient (Wildman–Crippen LogP) is 1.79. The van der Waals surface area contributed by atoms with Gasteiger partial charge in [-0.15, -0.1) is 0 Å². The first-order chi connectivity index (χ1) is 15.3. The summed E-state index contributed by atoms with van der Waals surface area (Å²) in [7, 11) is -3.15. The first-order valence-corrected chi connectivity index (χ1v) is 12.1. The van der Waals surface area contributed by atoms with Gasteiger partial charge in [0.15, 0.2) is 0 Å². The Kier molecular flexibility index (Phi) is 6.09. The molecule has 1 amide bonds. The topological polar surface area (TPSA) is 126 Å². The molecule has 1 aromatic heterocycles. The number of carbonyl (C=O) groups is 1. The molecule has 0 unspecified atom stereocenters. The molecule has 0 radical (unpaired) electrons. The molecule has 3 aromatic rings. The molecule has 1 aliphatic heterocycles. The lowest BCUT2D eigenvalue weighted by molar-refractivity contribution is -0.136. The molecule has 2 heterocycles. The van der Waals surface area contributed by atoms with Crippen LogP contribution in [-0.2, 0) is 21.2 Å². The van der Waals surface area contributed by atoms with Crippen LogP contribution in [0.2, 0.25) is 0 Å². The summed E-state index contributed by atoms with van der Waals surface area (Å²) < 4.78 is 23.6. The van der Waals surface area contributed by atoms with Crippen molar-refractivity contribution in [3.05, 3.63) is 66.0 Å². The molecule has 2 aromatic carbocycles. The van der Waals surface area contributed by atoms with Crippen molar-refractivity contribution in [1.82, 2.24) is 25.8 Å². The Bertz CT molecular complexity index is 1190. The van der Waals surface area contributed by atoms with Gasteiger partial charge in [-0.3, -0.25) is 15.3 Å². The molecule has 0 spiro atoms. The highest BCUT2D eigenvalue weighted by atomic mass is 32.2. The largest absolute Gasteiger partial charge is 0.299 e. The molecule has 168 valence electrons. The van der Waals surface area contributed by atoms with Crippen LogP contribution >= 0.6 is 0 Å². The first-order valence-electron chi connectivity index (χ1n) is 10.3. The van der Waals surface area contributed by atoms with E-state index in [9.17, 15) is 13.2 Å². The smallest absolute Gasteiger partial charge is 0.263 e. The maximum atomic E-state index is 12.3. The van der Waals surface area contributed by atoms with Crippen molar-refractivity contribution in [2.75, 3.05) is 11.5 Å². The minimum absolute atomic E-state index is 0.0879. The van der Waals surface area contributed by atoms with Crippen LogP contribution in [0.15, 0.2) is 54.9 Å². The van der Waals surface area contributed by atoms with Crippen molar-refractivity contribution in [2.24, 2.45) is 0 Å². The molecule has 0 bridgehead atoms. The normalized spacial score (nSPS) is 17.1. The molecule has 0 atom stereocenters. The standard InChI is InChI=1S/C22H25N5O4S/c1-16-14-17(15-23-22(21(28)26-29)8-12-32(30,31)13-9-22)2-7-20(16)18-3-5-19(6-4-18)27-24-10-11-25-27/h2-7,10-11,14,23,29H,8-9,12-13,15H2,1H3,(H,26,28). The lowest BCUT2D eigenvalue weighted by atomic mass is 9.90. The minimum Gasteiger partial charge on any atom is -0.299 e. The number of amides is 1. The quantitative estimate of drug-likeness (QED) is 0.382. The minimum atomic E-state index is -3.15. The van der Waals surface area contributed by atoms with Gasteiger partial charge in [0.1, 0.15) is 15.4 Å². The molecule has 3 N–H and O–H groups in total. The Balaban J connectivity index is 1.49. The Hall–Kier alpha value is -3.08. The van der Waals surface area contributed by atoms with E-state index in [0.29, 0.717) is 6.54 Å². The molecule has 1 saturated heterocycles. The zero-order valence-corrected chi connectivity index (χ0v) is 18.5. The summed E-state index contributed by atoms with van der Waals surface area (Å²) in [6, 6.07) is 14.0. The van der Waals surface area contributed by atoms with Gasteiger partial charge in [0, 0.05) is 6.54 Å². The summed E-state index contributed by atoms with van der Waals surface area (Å²) in [6.07, 6.45) is 3.50.